The maximum absolute atomic E-state index is 14.6. The molecule has 2 aromatic rings. The van der Waals surface area contributed by atoms with Crippen molar-refractivity contribution in [1.29, 1.82) is 0 Å². The number of allylic oxidation sites excluding steroid dienone is 2. The second-order valence-electron chi connectivity index (χ2n) is 9.02. The molecule has 6 heteroatoms. The number of aliphatic hydroxyl groups is 1. The summed E-state index contributed by atoms with van der Waals surface area (Å²) in [5.41, 5.74) is 2.71. The highest BCUT2D eigenvalue weighted by Crippen LogP contribution is 2.42. The van der Waals surface area contributed by atoms with Crippen molar-refractivity contribution < 1.29 is 23.8 Å². The van der Waals surface area contributed by atoms with Crippen molar-refractivity contribution in [2.24, 2.45) is 11.8 Å². The van der Waals surface area contributed by atoms with Gasteiger partial charge in [0.15, 0.2) is 5.78 Å². The van der Waals surface area contributed by atoms with Crippen LogP contribution in [-0.4, -0.2) is 44.3 Å². The summed E-state index contributed by atoms with van der Waals surface area (Å²) in [7, 11) is 3.18. The van der Waals surface area contributed by atoms with Crippen LogP contribution in [0.2, 0.25) is 0 Å². The molecule has 0 saturated carbocycles. The Hall–Kier alpha value is -2.96. The van der Waals surface area contributed by atoms with Crippen LogP contribution in [0.1, 0.15) is 40.2 Å². The van der Waals surface area contributed by atoms with E-state index in [0.29, 0.717) is 36.4 Å². The zero-order valence-electron chi connectivity index (χ0n) is 19.9. The fourth-order valence-electron chi connectivity index (χ4n) is 5.29. The number of ether oxygens (including phenoxy) is 2. The summed E-state index contributed by atoms with van der Waals surface area (Å²) in [5, 5.41) is 14.9. The third-order valence-electron chi connectivity index (χ3n) is 7.13. The van der Waals surface area contributed by atoms with Crippen LogP contribution in [-0.2, 0) is 4.74 Å². The van der Waals surface area contributed by atoms with E-state index in [0.717, 1.165) is 23.3 Å². The second kappa shape index (κ2) is 10.5. The first-order valence-electron chi connectivity index (χ1n) is 11.7. The molecule has 0 bridgehead atoms. The summed E-state index contributed by atoms with van der Waals surface area (Å²) in [4.78, 5) is 13.8. The number of benzene rings is 2. The fourth-order valence-corrected chi connectivity index (χ4v) is 5.29. The first-order valence-corrected chi connectivity index (χ1v) is 11.7. The topological polar surface area (TPSA) is 67.8 Å². The number of hydrogen-bond acceptors (Lipinski definition) is 5. The molecule has 2 aromatic carbocycles. The molecule has 0 radical (unpaired) electrons. The number of halogens is 1. The van der Waals surface area contributed by atoms with E-state index < -0.39 is 12.0 Å². The second-order valence-corrected chi connectivity index (χ2v) is 9.02. The van der Waals surface area contributed by atoms with Crippen molar-refractivity contribution in [3.63, 3.8) is 0 Å². The summed E-state index contributed by atoms with van der Waals surface area (Å²) in [5.74, 6) is -0.157. The van der Waals surface area contributed by atoms with E-state index in [1.807, 2.05) is 18.2 Å². The Balaban J connectivity index is 1.76. The predicted molar refractivity (Wildman–Crippen MR) is 129 cm³/mol. The van der Waals surface area contributed by atoms with E-state index in [1.54, 1.807) is 51.5 Å². The van der Waals surface area contributed by atoms with E-state index in [4.69, 9.17) is 9.47 Å². The molecule has 1 unspecified atom stereocenters. The molecule has 1 fully saturated rings. The van der Waals surface area contributed by atoms with Crippen molar-refractivity contribution in [3.05, 3.63) is 88.5 Å². The summed E-state index contributed by atoms with van der Waals surface area (Å²) in [6.45, 7) is 2.71. The van der Waals surface area contributed by atoms with E-state index in [1.165, 1.54) is 6.07 Å². The highest BCUT2D eigenvalue weighted by molar-refractivity contribution is 5.99. The van der Waals surface area contributed by atoms with Crippen LogP contribution in [0.15, 0.2) is 65.9 Å². The van der Waals surface area contributed by atoms with Gasteiger partial charge in [0.05, 0.1) is 20.3 Å². The van der Waals surface area contributed by atoms with Gasteiger partial charge < -0.3 is 19.9 Å². The molecule has 2 aliphatic rings. The van der Waals surface area contributed by atoms with Gasteiger partial charge >= 0.3 is 0 Å². The van der Waals surface area contributed by atoms with Gasteiger partial charge in [-0.2, -0.15) is 0 Å². The van der Waals surface area contributed by atoms with Crippen molar-refractivity contribution in [2.75, 3.05) is 27.3 Å². The van der Waals surface area contributed by atoms with E-state index in [-0.39, 0.29) is 23.4 Å². The minimum atomic E-state index is -0.792. The van der Waals surface area contributed by atoms with Crippen LogP contribution >= 0.6 is 0 Å². The van der Waals surface area contributed by atoms with Gasteiger partial charge in [-0.25, -0.2) is 4.39 Å². The molecule has 1 saturated heterocycles. The van der Waals surface area contributed by atoms with Crippen LogP contribution in [0.3, 0.4) is 0 Å². The number of carbonyl (C=O) groups excluding carboxylic acids is 1. The van der Waals surface area contributed by atoms with E-state index >= 15 is 0 Å². The van der Waals surface area contributed by atoms with Crippen LogP contribution < -0.4 is 10.1 Å². The average Bonchev–Trinajstić information content (AvgIpc) is 2.89. The third kappa shape index (κ3) is 4.79. The lowest BCUT2D eigenvalue weighted by atomic mass is 9.67. The quantitative estimate of drug-likeness (QED) is 0.587. The molecule has 34 heavy (non-hydrogen) atoms. The fraction of sp³-hybridized carbons (Fsp3) is 0.393. The standard InChI is InChI=1S/C28H32FNO4/c1-17-22(11-6-12-25(17)29)26-23(27(31)18-7-4-9-20(13-18)33-2)15-30-16-24(26)28(32)19-8-5-10-21(14-19)34-3/h4,6-7,9-14,23-24,26,28,30,32H,5,8,15-16H2,1-3H3/t23-,24+,26+,28?/m1/s1. The number of nitrogens with one attached hydrogen (secondary N) is 1. The van der Waals surface area contributed by atoms with Crippen LogP contribution in [0, 0.1) is 24.6 Å². The molecule has 0 amide bonds. The number of methoxy groups -OCH3 is 2. The Kier molecular flexibility index (Phi) is 7.49. The van der Waals surface area contributed by atoms with Crippen molar-refractivity contribution in [2.45, 2.75) is 31.8 Å². The van der Waals surface area contributed by atoms with Crippen LogP contribution in [0.5, 0.6) is 5.75 Å². The number of Topliss-reactive ketones (excluding diaryl/α,β-unsaturated/α-hetero) is 1. The van der Waals surface area contributed by atoms with Gasteiger partial charge in [-0.3, -0.25) is 4.79 Å². The van der Waals surface area contributed by atoms with E-state index in [2.05, 4.69) is 5.32 Å². The molecule has 180 valence electrons. The van der Waals surface area contributed by atoms with Crippen molar-refractivity contribution >= 4 is 5.78 Å². The smallest absolute Gasteiger partial charge is 0.167 e. The predicted octanol–water partition coefficient (Wildman–Crippen LogP) is 4.56. The molecule has 0 spiro atoms. The number of piperidine rings is 1. The average molecular weight is 466 g/mol. The monoisotopic (exact) mass is 465 g/mol. The Bertz CT molecular complexity index is 1110. The number of hydrogen-bond donors (Lipinski definition) is 2. The molecule has 2 N–H and O–H groups in total. The lowest BCUT2D eigenvalue weighted by Crippen LogP contribution is -2.50. The molecule has 0 aromatic heterocycles. The highest BCUT2D eigenvalue weighted by atomic mass is 19.1. The lowest BCUT2D eigenvalue weighted by molar-refractivity contribution is 0.0652. The molecule has 4 rings (SSSR count). The number of ketones is 1. The van der Waals surface area contributed by atoms with Gasteiger partial charge in [0.2, 0.25) is 0 Å². The minimum Gasteiger partial charge on any atom is -0.497 e. The van der Waals surface area contributed by atoms with E-state index in [9.17, 15) is 14.3 Å². The molecule has 5 nitrogen and oxygen atoms in total. The Morgan fingerprint density at radius 1 is 1.15 bits per heavy atom. The van der Waals surface area contributed by atoms with Crippen LogP contribution in [0.25, 0.3) is 0 Å². The van der Waals surface area contributed by atoms with Crippen molar-refractivity contribution in [1.82, 2.24) is 5.32 Å². The Morgan fingerprint density at radius 2 is 1.94 bits per heavy atom. The van der Waals surface area contributed by atoms with Gasteiger partial charge in [0.1, 0.15) is 17.3 Å². The zero-order valence-corrected chi connectivity index (χ0v) is 19.9. The molecular formula is C28H32FNO4. The summed E-state index contributed by atoms with van der Waals surface area (Å²) in [6, 6.07) is 12.1. The first kappa shape index (κ1) is 24.2. The molecule has 1 heterocycles. The molecule has 1 aliphatic carbocycles. The number of rotatable bonds is 7. The van der Waals surface area contributed by atoms with Gasteiger partial charge in [-0.1, -0.05) is 24.3 Å². The normalized spacial score (nSPS) is 23.5. The first-order chi connectivity index (χ1) is 16.4. The SMILES string of the molecule is COC1=CCCC(C(O)[C@H]2CNC[C@@H](C(=O)c3cccc(OC)c3)[C@@H]2c2cccc(F)c2C)=C1. The third-order valence-corrected chi connectivity index (χ3v) is 7.13. The van der Waals surface area contributed by atoms with Gasteiger partial charge in [-0.05, 0) is 66.8 Å². The summed E-state index contributed by atoms with van der Waals surface area (Å²) >= 11 is 0. The van der Waals surface area contributed by atoms with Gasteiger partial charge in [0, 0.05) is 36.4 Å². The van der Waals surface area contributed by atoms with Crippen molar-refractivity contribution in [3.8, 4) is 5.75 Å². The lowest BCUT2D eigenvalue weighted by Gasteiger charge is -2.42. The minimum absolute atomic E-state index is 0.0490. The molecular weight excluding hydrogens is 433 g/mol. The number of carbonyl (C=O) groups is 1. The summed E-state index contributed by atoms with van der Waals surface area (Å²) in [6.07, 6.45) is 4.59. The Labute approximate surface area is 200 Å². The maximum Gasteiger partial charge on any atom is 0.167 e. The molecule has 4 atom stereocenters. The largest absolute Gasteiger partial charge is 0.497 e. The van der Waals surface area contributed by atoms with Gasteiger partial charge in [-0.15, -0.1) is 0 Å². The maximum atomic E-state index is 14.6. The van der Waals surface area contributed by atoms with Gasteiger partial charge in [0.25, 0.3) is 0 Å². The molecule has 1 aliphatic heterocycles. The zero-order chi connectivity index (χ0) is 24.2. The summed E-state index contributed by atoms with van der Waals surface area (Å²) < 4.78 is 25.4. The number of aliphatic hydroxyl groups excluding tert-OH is 1. The highest BCUT2D eigenvalue weighted by Gasteiger charge is 2.43. The Morgan fingerprint density at radius 3 is 2.71 bits per heavy atom. The van der Waals surface area contributed by atoms with Crippen LogP contribution in [0.4, 0.5) is 4.39 Å².